The molecular formula is C17H10ClF3N4O3S. The molecule has 0 unspecified atom stereocenters. The summed E-state index contributed by atoms with van der Waals surface area (Å²) in [7, 11) is 0. The molecule has 3 rings (SSSR count). The third kappa shape index (κ3) is 4.93. The van der Waals surface area contributed by atoms with Gasteiger partial charge in [0.25, 0.3) is 5.69 Å². The van der Waals surface area contributed by atoms with Crippen molar-refractivity contribution < 1.29 is 22.9 Å². The molecule has 0 radical (unpaired) electrons. The fourth-order valence-electron chi connectivity index (χ4n) is 2.32. The molecular weight excluding hydrogens is 433 g/mol. The summed E-state index contributed by atoms with van der Waals surface area (Å²) in [4.78, 5) is 29.3. The van der Waals surface area contributed by atoms with E-state index in [0.717, 1.165) is 17.8 Å². The molecule has 0 saturated carbocycles. The van der Waals surface area contributed by atoms with Gasteiger partial charge in [-0.3, -0.25) is 14.9 Å². The fraction of sp³-hybridized carbons (Fsp3) is 0.118. The minimum atomic E-state index is -4.73. The van der Waals surface area contributed by atoms with Crippen molar-refractivity contribution in [2.75, 3.05) is 11.1 Å². The van der Waals surface area contributed by atoms with E-state index in [9.17, 15) is 28.1 Å². The lowest BCUT2D eigenvalue weighted by molar-refractivity contribution is -0.384. The minimum Gasteiger partial charge on any atom is -0.324 e. The highest BCUT2D eigenvalue weighted by Gasteiger charge is 2.35. The summed E-state index contributed by atoms with van der Waals surface area (Å²) < 4.78 is 39.1. The van der Waals surface area contributed by atoms with E-state index in [1.54, 1.807) is 18.2 Å². The number of benzene rings is 2. The van der Waals surface area contributed by atoms with Crippen LogP contribution in [-0.2, 0) is 11.0 Å². The first kappa shape index (κ1) is 20.8. The Morgan fingerprint density at radius 2 is 1.93 bits per heavy atom. The smallest absolute Gasteiger partial charge is 0.324 e. The molecule has 1 aromatic heterocycles. The Hall–Kier alpha value is -2.92. The van der Waals surface area contributed by atoms with Gasteiger partial charge in [0, 0.05) is 17.5 Å². The van der Waals surface area contributed by atoms with Crippen molar-refractivity contribution in [3.63, 3.8) is 0 Å². The number of thioether (sulfide) groups is 1. The number of hydrogen-bond donors (Lipinski definition) is 1. The third-order valence-corrected chi connectivity index (χ3v) is 4.90. The zero-order chi connectivity index (χ0) is 21.2. The average Bonchev–Trinajstić information content (AvgIpc) is 2.66. The molecule has 0 bridgehead atoms. The lowest BCUT2D eigenvalue weighted by Gasteiger charge is -2.11. The Kier molecular flexibility index (Phi) is 5.89. The summed E-state index contributed by atoms with van der Waals surface area (Å²) in [6.45, 7) is 0. The molecule has 1 N–H and O–H groups in total. The second-order valence-electron chi connectivity index (χ2n) is 5.63. The molecule has 150 valence electrons. The zero-order valence-corrected chi connectivity index (χ0v) is 15.8. The van der Waals surface area contributed by atoms with Crippen LogP contribution in [0.3, 0.4) is 0 Å². The summed E-state index contributed by atoms with van der Waals surface area (Å²) in [5, 5.41) is 13.5. The average molecular weight is 443 g/mol. The number of hydrogen-bond acceptors (Lipinski definition) is 6. The van der Waals surface area contributed by atoms with Crippen LogP contribution in [0.15, 0.2) is 47.5 Å². The number of nitro groups is 1. The van der Waals surface area contributed by atoms with E-state index in [-0.39, 0.29) is 32.7 Å². The van der Waals surface area contributed by atoms with Crippen molar-refractivity contribution in [1.29, 1.82) is 0 Å². The largest absolute Gasteiger partial charge is 0.451 e. The number of fused-ring (bicyclic) bond motifs is 1. The molecule has 0 aliphatic carbocycles. The number of nitrogens with zero attached hydrogens (tertiary/aromatic N) is 3. The second kappa shape index (κ2) is 8.21. The molecule has 1 amide bonds. The first-order valence-corrected chi connectivity index (χ1v) is 9.22. The molecule has 29 heavy (non-hydrogen) atoms. The van der Waals surface area contributed by atoms with Gasteiger partial charge in [-0.25, -0.2) is 9.97 Å². The van der Waals surface area contributed by atoms with E-state index in [2.05, 4.69) is 15.3 Å². The molecule has 0 aliphatic heterocycles. The standard InChI is InChI=1S/C17H10ClF3N4O3S/c18-11-7-9(25(27)28)5-6-13(11)22-14(26)8-29-15-10-3-1-2-4-12(10)23-16(24-15)17(19,20)21/h1-7H,8H2,(H,22,26). The Morgan fingerprint density at radius 3 is 2.59 bits per heavy atom. The second-order valence-corrected chi connectivity index (χ2v) is 7.00. The summed E-state index contributed by atoms with van der Waals surface area (Å²) in [5.74, 6) is -2.12. The summed E-state index contributed by atoms with van der Waals surface area (Å²) >= 11 is 6.72. The molecule has 1 heterocycles. The maximum atomic E-state index is 13.0. The summed E-state index contributed by atoms with van der Waals surface area (Å²) in [5.41, 5.74) is 0.0112. The van der Waals surface area contributed by atoms with Crippen LogP contribution in [0.1, 0.15) is 5.82 Å². The molecule has 0 saturated heterocycles. The number of para-hydroxylation sites is 1. The van der Waals surface area contributed by atoms with Crippen molar-refractivity contribution in [2.45, 2.75) is 11.2 Å². The van der Waals surface area contributed by atoms with Crippen LogP contribution in [0.5, 0.6) is 0 Å². The number of nitro benzene ring substituents is 1. The van der Waals surface area contributed by atoms with Crippen LogP contribution in [0.25, 0.3) is 10.9 Å². The number of rotatable bonds is 5. The molecule has 2 aromatic carbocycles. The monoisotopic (exact) mass is 442 g/mol. The number of anilines is 1. The van der Waals surface area contributed by atoms with Gasteiger partial charge in [-0.1, -0.05) is 41.6 Å². The number of alkyl halides is 3. The van der Waals surface area contributed by atoms with E-state index < -0.39 is 22.8 Å². The Balaban J connectivity index is 1.78. The van der Waals surface area contributed by atoms with Crippen molar-refractivity contribution in [3.8, 4) is 0 Å². The quantitative estimate of drug-likeness (QED) is 0.260. The number of nitrogens with one attached hydrogen (secondary N) is 1. The lowest BCUT2D eigenvalue weighted by atomic mass is 10.2. The summed E-state index contributed by atoms with van der Waals surface area (Å²) in [6.07, 6.45) is -4.73. The van der Waals surface area contributed by atoms with Gasteiger partial charge in [-0.05, 0) is 12.1 Å². The van der Waals surface area contributed by atoms with Gasteiger partial charge in [0.1, 0.15) is 5.03 Å². The van der Waals surface area contributed by atoms with Gasteiger partial charge in [0.15, 0.2) is 0 Å². The molecule has 0 atom stereocenters. The highest BCUT2D eigenvalue weighted by atomic mass is 35.5. The normalized spacial score (nSPS) is 11.4. The van der Waals surface area contributed by atoms with Crippen molar-refractivity contribution in [3.05, 3.63) is 63.4 Å². The van der Waals surface area contributed by atoms with Gasteiger partial charge < -0.3 is 5.32 Å². The number of non-ortho nitro benzene ring substituents is 1. The maximum absolute atomic E-state index is 13.0. The van der Waals surface area contributed by atoms with Crippen LogP contribution in [0.2, 0.25) is 5.02 Å². The van der Waals surface area contributed by atoms with Crippen LogP contribution in [0, 0.1) is 10.1 Å². The summed E-state index contributed by atoms with van der Waals surface area (Å²) in [6, 6.07) is 9.67. The van der Waals surface area contributed by atoms with Crippen molar-refractivity contribution in [1.82, 2.24) is 9.97 Å². The van der Waals surface area contributed by atoms with Gasteiger partial charge in [-0.2, -0.15) is 13.2 Å². The predicted octanol–water partition coefficient (Wildman–Crippen LogP) is 4.94. The SMILES string of the molecule is O=C(CSc1nc(C(F)(F)F)nc2ccccc12)Nc1ccc([N+](=O)[O-])cc1Cl. The molecule has 3 aromatic rings. The van der Waals surface area contributed by atoms with Crippen LogP contribution < -0.4 is 5.32 Å². The van der Waals surface area contributed by atoms with Crippen LogP contribution in [0.4, 0.5) is 24.5 Å². The minimum absolute atomic E-state index is 0.00729. The Labute approximate surface area is 170 Å². The molecule has 0 spiro atoms. The first-order valence-electron chi connectivity index (χ1n) is 7.85. The highest BCUT2D eigenvalue weighted by Crippen LogP contribution is 2.32. The molecule has 7 nitrogen and oxygen atoms in total. The van der Waals surface area contributed by atoms with Crippen LogP contribution in [-0.4, -0.2) is 26.6 Å². The topological polar surface area (TPSA) is 98.0 Å². The third-order valence-electron chi connectivity index (χ3n) is 3.60. The van der Waals surface area contributed by atoms with E-state index in [0.29, 0.717) is 5.39 Å². The zero-order valence-electron chi connectivity index (χ0n) is 14.2. The lowest BCUT2D eigenvalue weighted by Crippen LogP contribution is -2.15. The Bertz CT molecular complexity index is 1110. The highest BCUT2D eigenvalue weighted by molar-refractivity contribution is 8.00. The number of halogens is 4. The fourth-order valence-corrected chi connectivity index (χ4v) is 3.36. The van der Waals surface area contributed by atoms with Crippen LogP contribution >= 0.6 is 23.4 Å². The van der Waals surface area contributed by atoms with Gasteiger partial charge in [0.05, 0.1) is 26.9 Å². The number of aromatic nitrogens is 2. The Morgan fingerprint density at radius 1 is 1.21 bits per heavy atom. The van der Waals surface area contributed by atoms with E-state index in [1.165, 1.54) is 18.2 Å². The first-order chi connectivity index (χ1) is 13.6. The maximum Gasteiger partial charge on any atom is 0.451 e. The van der Waals surface area contributed by atoms with E-state index >= 15 is 0 Å². The van der Waals surface area contributed by atoms with Crippen molar-refractivity contribution >= 4 is 51.5 Å². The van der Waals surface area contributed by atoms with E-state index in [4.69, 9.17) is 11.6 Å². The van der Waals surface area contributed by atoms with Crippen molar-refractivity contribution in [2.24, 2.45) is 0 Å². The number of amides is 1. The van der Waals surface area contributed by atoms with Gasteiger partial charge >= 0.3 is 6.18 Å². The predicted molar refractivity (Wildman–Crippen MR) is 102 cm³/mol. The molecule has 0 fully saturated rings. The number of carbonyl (C=O) groups is 1. The van der Waals surface area contributed by atoms with Gasteiger partial charge in [0.2, 0.25) is 11.7 Å². The molecule has 12 heteroatoms. The molecule has 0 aliphatic rings. The van der Waals surface area contributed by atoms with E-state index in [1.807, 2.05) is 0 Å². The number of carbonyl (C=O) groups excluding carboxylic acids is 1. The van der Waals surface area contributed by atoms with Gasteiger partial charge in [-0.15, -0.1) is 0 Å².